The molecule has 3 nitrogen and oxygen atoms in total. The highest BCUT2D eigenvalue weighted by molar-refractivity contribution is 7.11. The Bertz CT molecular complexity index is 1020. The number of nitrogens with zero attached hydrogens (tertiary/aromatic N) is 2. The van der Waals surface area contributed by atoms with Crippen LogP contribution in [0.15, 0.2) is 54.0 Å². The van der Waals surface area contributed by atoms with Crippen LogP contribution in [0, 0.1) is 31.1 Å². The Kier molecular flexibility index (Phi) is 6.28. The second kappa shape index (κ2) is 8.86. The first kappa shape index (κ1) is 19.9. The molecular formula is C24H25N3S. The lowest BCUT2D eigenvalue weighted by molar-refractivity contribution is 0.647. The molecule has 0 amide bonds. The third kappa shape index (κ3) is 4.88. The summed E-state index contributed by atoms with van der Waals surface area (Å²) in [4.78, 5) is 4.68. The smallest absolute Gasteiger partial charge is 0.136 e. The summed E-state index contributed by atoms with van der Waals surface area (Å²) in [6, 6.07) is 17.0. The van der Waals surface area contributed by atoms with E-state index in [-0.39, 0.29) is 0 Å². The zero-order valence-corrected chi connectivity index (χ0v) is 17.6. The summed E-state index contributed by atoms with van der Waals surface area (Å²) in [5.41, 5.74) is 7.18. The molecule has 0 unspecified atom stereocenters. The Balaban J connectivity index is 1.79. The maximum atomic E-state index is 9.59. The Hall–Kier alpha value is -2.90. The number of allylic oxidation sites excluding steroid dienone is 1. The van der Waals surface area contributed by atoms with Crippen LogP contribution in [0.4, 0.5) is 5.69 Å². The fourth-order valence-corrected chi connectivity index (χ4v) is 3.79. The highest BCUT2D eigenvalue weighted by Crippen LogP contribution is 2.27. The number of rotatable bonds is 6. The van der Waals surface area contributed by atoms with Crippen molar-refractivity contribution in [1.29, 1.82) is 5.26 Å². The number of aromatic nitrogens is 1. The number of thiazole rings is 1. The first-order valence-corrected chi connectivity index (χ1v) is 10.3. The molecule has 0 saturated heterocycles. The third-order valence-corrected chi connectivity index (χ3v) is 5.39. The lowest BCUT2D eigenvalue weighted by Crippen LogP contribution is -1.94. The molecule has 0 bridgehead atoms. The van der Waals surface area contributed by atoms with Crippen molar-refractivity contribution in [1.82, 2.24) is 4.98 Å². The topological polar surface area (TPSA) is 48.7 Å². The van der Waals surface area contributed by atoms with Gasteiger partial charge in [-0.2, -0.15) is 5.26 Å². The summed E-state index contributed by atoms with van der Waals surface area (Å²) in [5, 5.41) is 15.6. The molecule has 0 fully saturated rings. The number of aryl methyl sites for hydroxylation is 2. The van der Waals surface area contributed by atoms with Gasteiger partial charge in [0.05, 0.1) is 5.69 Å². The second-order valence-electron chi connectivity index (χ2n) is 7.47. The van der Waals surface area contributed by atoms with Crippen molar-refractivity contribution >= 4 is 22.6 Å². The van der Waals surface area contributed by atoms with Crippen LogP contribution in [-0.2, 0) is 6.42 Å². The van der Waals surface area contributed by atoms with Crippen LogP contribution in [0.3, 0.4) is 0 Å². The van der Waals surface area contributed by atoms with Crippen LogP contribution in [0.2, 0.25) is 0 Å². The molecule has 4 heteroatoms. The third-order valence-electron chi connectivity index (χ3n) is 4.51. The highest BCUT2D eigenvalue weighted by Gasteiger charge is 2.10. The molecule has 1 heterocycles. The largest absolute Gasteiger partial charge is 0.360 e. The first-order valence-electron chi connectivity index (χ1n) is 9.45. The van der Waals surface area contributed by atoms with Gasteiger partial charge in [-0.1, -0.05) is 50.2 Å². The van der Waals surface area contributed by atoms with Crippen molar-refractivity contribution in [2.45, 2.75) is 34.1 Å². The van der Waals surface area contributed by atoms with Crippen LogP contribution in [0.1, 0.15) is 35.5 Å². The average molecular weight is 388 g/mol. The van der Waals surface area contributed by atoms with Gasteiger partial charge in [0.1, 0.15) is 16.6 Å². The maximum Gasteiger partial charge on any atom is 0.136 e. The molecule has 3 aromatic rings. The van der Waals surface area contributed by atoms with E-state index in [1.54, 1.807) is 6.20 Å². The molecule has 28 heavy (non-hydrogen) atoms. The Morgan fingerprint density at radius 1 is 1.18 bits per heavy atom. The lowest BCUT2D eigenvalue weighted by Gasteiger charge is -2.07. The van der Waals surface area contributed by atoms with Crippen LogP contribution < -0.4 is 5.32 Å². The van der Waals surface area contributed by atoms with Crippen LogP contribution in [0.5, 0.6) is 0 Å². The van der Waals surface area contributed by atoms with Gasteiger partial charge in [-0.05, 0) is 48.9 Å². The van der Waals surface area contributed by atoms with Crippen LogP contribution >= 0.6 is 11.3 Å². The molecular weight excluding hydrogens is 362 g/mol. The summed E-state index contributed by atoms with van der Waals surface area (Å²) in [5.74, 6) is 0.643. The molecule has 0 saturated carbocycles. The van der Waals surface area contributed by atoms with Gasteiger partial charge in [-0.15, -0.1) is 11.3 Å². The highest BCUT2D eigenvalue weighted by atomic mass is 32.1. The zero-order valence-electron chi connectivity index (χ0n) is 16.8. The molecule has 0 spiro atoms. The second-order valence-corrected chi connectivity index (χ2v) is 8.32. The molecule has 0 aliphatic carbocycles. The van der Waals surface area contributed by atoms with Gasteiger partial charge < -0.3 is 5.32 Å². The van der Waals surface area contributed by atoms with Gasteiger partial charge in [0.15, 0.2) is 0 Å². The van der Waals surface area contributed by atoms with E-state index in [4.69, 9.17) is 0 Å². The zero-order chi connectivity index (χ0) is 20.1. The fourth-order valence-electron chi connectivity index (χ4n) is 3.00. The van der Waals surface area contributed by atoms with E-state index in [1.807, 2.05) is 12.3 Å². The molecule has 1 aromatic heterocycles. The Morgan fingerprint density at radius 3 is 2.61 bits per heavy atom. The Morgan fingerprint density at radius 2 is 1.93 bits per heavy atom. The normalized spacial score (nSPS) is 11.5. The van der Waals surface area contributed by atoms with Gasteiger partial charge in [0.2, 0.25) is 0 Å². The van der Waals surface area contributed by atoms with Crippen LogP contribution in [0.25, 0.3) is 16.8 Å². The quantitative estimate of drug-likeness (QED) is 0.485. The minimum absolute atomic E-state index is 0.536. The fraction of sp³-hybridized carbons (Fsp3) is 0.250. The van der Waals surface area contributed by atoms with Crippen molar-refractivity contribution in [2.75, 3.05) is 5.32 Å². The van der Waals surface area contributed by atoms with Crippen molar-refractivity contribution in [2.24, 2.45) is 5.92 Å². The van der Waals surface area contributed by atoms with Crippen molar-refractivity contribution in [3.8, 4) is 17.3 Å². The molecule has 2 aromatic carbocycles. The van der Waals surface area contributed by atoms with Gasteiger partial charge in [0, 0.05) is 22.8 Å². The van der Waals surface area contributed by atoms with Crippen LogP contribution in [-0.4, -0.2) is 4.98 Å². The summed E-state index contributed by atoms with van der Waals surface area (Å²) in [6.45, 7) is 8.55. The minimum Gasteiger partial charge on any atom is -0.360 e. The van der Waals surface area contributed by atoms with Gasteiger partial charge in [0.25, 0.3) is 0 Å². The lowest BCUT2D eigenvalue weighted by atomic mass is 10.0. The van der Waals surface area contributed by atoms with E-state index in [2.05, 4.69) is 79.6 Å². The van der Waals surface area contributed by atoms with Crippen molar-refractivity contribution < 1.29 is 0 Å². The van der Waals surface area contributed by atoms with E-state index in [0.717, 1.165) is 33.9 Å². The molecule has 0 atom stereocenters. The number of nitriles is 1. The van der Waals surface area contributed by atoms with E-state index in [9.17, 15) is 5.26 Å². The van der Waals surface area contributed by atoms with E-state index in [1.165, 1.54) is 22.5 Å². The van der Waals surface area contributed by atoms with Crippen molar-refractivity contribution in [3.05, 3.63) is 75.7 Å². The first-order chi connectivity index (χ1) is 13.5. The standard InChI is InChI=1S/C24H25N3S/c1-16(2)11-19-7-9-20(10-8-19)23-15-28-24(27-23)21(13-25)14-26-22-12-17(3)5-6-18(22)4/h5-10,12,14-16,26H,11H2,1-4H3. The number of hydrogen-bond donors (Lipinski definition) is 1. The average Bonchev–Trinajstić information content (AvgIpc) is 3.15. The van der Waals surface area contributed by atoms with E-state index >= 15 is 0 Å². The predicted octanol–water partition coefficient (Wildman–Crippen LogP) is 6.60. The van der Waals surface area contributed by atoms with Gasteiger partial charge >= 0.3 is 0 Å². The van der Waals surface area contributed by atoms with Gasteiger partial charge in [-0.3, -0.25) is 0 Å². The van der Waals surface area contributed by atoms with E-state index < -0.39 is 0 Å². The maximum absolute atomic E-state index is 9.59. The molecule has 0 aliphatic rings. The number of hydrogen-bond acceptors (Lipinski definition) is 4. The number of benzene rings is 2. The number of nitrogens with one attached hydrogen (secondary N) is 1. The SMILES string of the molecule is Cc1ccc(C)c(NC=C(C#N)c2nc(-c3ccc(CC(C)C)cc3)cs2)c1. The van der Waals surface area contributed by atoms with E-state index in [0.29, 0.717) is 11.5 Å². The summed E-state index contributed by atoms with van der Waals surface area (Å²) >= 11 is 1.49. The molecule has 142 valence electrons. The minimum atomic E-state index is 0.536. The molecule has 0 radical (unpaired) electrons. The molecule has 0 aliphatic heterocycles. The van der Waals surface area contributed by atoms with Crippen molar-refractivity contribution in [3.63, 3.8) is 0 Å². The van der Waals surface area contributed by atoms with Gasteiger partial charge in [-0.25, -0.2) is 4.98 Å². The predicted molar refractivity (Wildman–Crippen MR) is 119 cm³/mol. The summed E-state index contributed by atoms with van der Waals surface area (Å²) < 4.78 is 0. The molecule has 1 N–H and O–H groups in total. The number of anilines is 1. The molecule has 3 rings (SSSR count). The summed E-state index contributed by atoms with van der Waals surface area (Å²) in [7, 11) is 0. The summed E-state index contributed by atoms with van der Waals surface area (Å²) in [6.07, 6.45) is 2.82. The Labute approximate surface area is 171 Å². The monoisotopic (exact) mass is 387 g/mol.